The Morgan fingerprint density at radius 1 is 1.41 bits per heavy atom. The molecule has 4 nitrogen and oxygen atoms in total. The molecule has 2 aromatic heterocycles. The summed E-state index contributed by atoms with van der Waals surface area (Å²) < 4.78 is 14.5. The first kappa shape index (κ1) is 14.8. The lowest BCUT2D eigenvalue weighted by molar-refractivity contribution is 0.628. The zero-order valence-electron chi connectivity index (χ0n) is 11.7. The van der Waals surface area contributed by atoms with Crippen molar-refractivity contribution in [3.8, 4) is 11.1 Å². The quantitative estimate of drug-likeness (QED) is 0.749. The van der Waals surface area contributed by atoms with E-state index in [1.165, 1.54) is 28.0 Å². The number of nitrogens with two attached hydrogens (primary N) is 1. The smallest absolute Gasteiger partial charge is 0.263 e. The van der Waals surface area contributed by atoms with Gasteiger partial charge in [0.15, 0.2) is 0 Å². The number of hydrogen-bond donors (Lipinski definition) is 1. The Balaban J connectivity index is 2.27. The number of benzene rings is 1. The molecule has 3 rings (SSSR count). The lowest BCUT2D eigenvalue weighted by Gasteiger charge is -2.09. The molecule has 0 amide bonds. The first-order valence-electron chi connectivity index (χ1n) is 6.50. The highest BCUT2D eigenvalue weighted by Crippen LogP contribution is 2.31. The highest BCUT2D eigenvalue weighted by Gasteiger charge is 2.15. The van der Waals surface area contributed by atoms with Crippen LogP contribution in [0.5, 0.6) is 0 Å². The summed E-state index contributed by atoms with van der Waals surface area (Å²) in [6, 6.07) is 6.03. The van der Waals surface area contributed by atoms with E-state index in [0.717, 1.165) is 11.1 Å². The lowest BCUT2D eigenvalue weighted by Crippen LogP contribution is -2.29. The zero-order chi connectivity index (χ0) is 15.9. The molecule has 0 atom stereocenters. The van der Waals surface area contributed by atoms with Gasteiger partial charge in [-0.3, -0.25) is 9.36 Å². The van der Waals surface area contributed by atoms with E-state index in [2.05, 4.69) is 4.98 Å². The molecule has 0 aliphatic rings. The van der Waals surface area contributed by atoms with Crippen molar-refractivity contribution in [1.29, 1.82) is 0 Å². The third-order valence-electron chi connectivity index (χ3n) is 3.35. The summed E-state index contributed by atoms with van der Waals surface area (Å²) in [5, 5.41) is 2.37. The van der Waals surface area contributed by atoms with Gasteiger partial charge in [0.1, 0.15) is 16.5 Å². The molecule has 2 N–H and O–H groups in total. The molecule has 22 heavy (non-hydrogen) atoms. The summed E-state index contributed by atoms with van der Waals surface area (Å²) in [6.45, 7) is 1.90. The molecule has 0 fully saturated rings. The van der Waals surface area contributed by atoms with Gasteiger partial charge in [-0.15, -0.1) is 11.3 Å². The Hall–Kier alpha value is -2.12. The van der Waals surface area contributed by atoms with E-state index in [1.807, 2.05) is 5.38 Å². The van der Waals surface area contributed by atoms with Gasteiger partial charge in [-0.05, 0) is 24.6 Å². The predicted molar refractivity (Wildman–Crippen MR) is 90.8 cm³/mol. The minimum Gasteiger partial charge on any atom is -0.392 e. The molecule has 7 heteroatoms. The maximum absolute atomic E-state index is 13.1. The van der Waals surface area contributed by atoms with Crippen LogP contribution in [-0.4, -0.2) is 14.5 Å². The van der Waals surface area contributed by atoms with Crippen LogP contribution in [0.3, 0.4) is 0 Å². The normalized spacial score (nSPS) is 11.0. The molecule has 0 unspecified atom stereocenters. The summed E-state index contributed by atoms with van der Waals surface area (Å²) >= 11 is 6.28. The molecule has 0 bridgehead atoms. The molecule has 0 aliphatic heterocycles. The Morgan fingerprint density at radius 2 is 2.09 bits per heavy atom. The fourth-order valence-corrected chi connectivity index (χ4v) is 3.42. The molecule has 3 aromatic rings. The standard InChI is InChI=1S/C15H12FN3OS2/c1-8-18-14-13(15(20)19(8)6-12(17)21)11(7-22-14)9-2-4-10(16)5-3-9/h2-5,7H,6H2,1H3,(H2,17,21). The van der Waals surface area contributed by atoms with Crippen molar-refractivity contribution in [3.63, 3.8) is 0 Å². The van der Waals surface area contributed by atoms with Crippen LogP contribution in [0.15, 0.2) is 34.4 Å². The van der Waals surface area contributed by atoms with Crippen LogP contribution in [0.1, 0.15) is 5.82 Å². The van der Waals surface area contributed by atoms with E-state index in [1.54, 1.807) is 19.1 Å². The molecule has 1 aromatic carbocycles. The first-order valence-corrected chi connectivity index (χ1v) is 7.79. The Bertz CT molecular complexity index is 928. The summed E-state index contributed by atoms with van der Waals surface area (Å²) in [5.41, 5.74) is 6.89. The topological polar surface area (TPSA) is 60.9 Å². The lowest BCUT2D eigenvalue weighted by atomic mass is 10.1. The number of rotatable bonds is 3. The van der Waals surface area contributed by atoms with E-state index in [4.69, 9.17) is 18.0 Å². The van der Waals surface area contributed by atoms with E-state index >= 15 is 0 Å². The third-order valence-corrected chi connectivity index (χ3v) is 4.36. The summed E-state index contributed by atoms with van der Waals surface area (Å²) in [5.74, 6) is 0.251. The second kappa shape index (κ2) is 5.58. The Labute approximate surface area is 135 Å². The molecule has 0 radical (unpaired) electrons. The highest BCUT2D eigenvalue weighted by atomic mass is 32.1. The fraction of sp³-hybridized carbons (Fsp3) is 0.133. The van der Waals surface area contributed by atoms with E-state index in [-0.39, 0.29) is 22.9 Å². The van der Waals surface area contributed by atoms with Crippen LogP contribution in [0.25, 0.3) is 21.3 Å². The number of thiophene rings is 1. The molecule has 112 valence electrons. The average molecular weight is 333 g/mol. The summed E-state index contributed by atoms with van der Waals surface area (Å²) in [7, 11) is 0. The Kier molecular flexibility index (Phi) is 3.76. The second-order valence-electron chi connectivity index (χ2n) is 4.85. The maximum atomic E-state index is 13.1. The minimum absolute atomic E-state index is 0.154. The van der Waals surface area contributed by atoms with Gasteiger partial charge in [-0.1, -0.05) is 24.4 Å². The number of fused-ring (bicyclic) bond motifs is 1. The largest absolute Gasteiger partial charge is 0.392 e. The number of nitrogens with zero attached hydrogens (tertiary/aromatic N) is 2. The SMILES string of the molecule is Cc1nc2scc(-c3ccc(F)cc3)c2c(=O)n1CC(N)=S. The maximum Gasteiger partial charge on any atom is 0.263 e. The predicted octanol–water partition coefficient (Wildman–Crippen LogP) is 2.86. The van der Waals surface area contributed by atoms with E-state index < -0.39 is 0 Å². The summed E-state index contributed by atoms with van der Waals surface area (Å²) in [4.78, 5) is 18.1. The molecule has 0 saturated heterocycles. The van der Waals surface area contributed by atoms with Crippen molar-refractivity contribution >= 4 is 38.8 Å². The van der Waals surface area contributed by atoms with Crippen molar-refractivity contribution in [2.75, 3.05) is 0 Å². The van der Waals surface area contributed by atoms with Crippen LogP contribution in [0.4, 0.5) is 4.39 Å². The fourth-order valence-electron chi connectivity index (χ4n) is 2.31. The van der Waals surface area contributed by atoms with Crippen molar-refractivity contribution in [3.05, 3.63) is 51.6 Å². The Morgan fingerprint density at radius 3 is 2.73 bits per heavy atom. The molecule has 2 heterocycles. The molecule has 0 spiro atoms. The van der Waals surface area contributed by atoms with Crippen molar-refractivity contribution < 1.29 is 4.39 Å². The van der Waals surface area contributed by atoms with Gasteiger partial charge in [0.25, 0.3) is 5.56 Å². The van der Waals surface area contributed by atoms with Gasteiger partial charge < -0.3 is 5.73 Å². The molecule has 0 aliphatic carbocycles. The number of aromatic nitrogens is 2. The van der Waals surface area contributed by atoms with Crippen molar-refractivity contribution in [2.24, 2.45) is 5.73 Å². The molecular formula is C15H12FN3OS2. The van der Waals surface area contributed by atoms with Crippen LogP contribution >= 0.6 is 23.6 Å². The van der Waals surface area contributed by atoms with Crippen molar-refractivity contribution in [1.82, 2.24) is 9.55 Å². The van der Waals surface area contributed by atoms with Crippen LogP contribution < -0.4 is 11.3 Å². The van der Waals surface area contributed by atoms with E-state index in [9.17, 15) is 9.18 Å². The van der Waals surface area contributed by atoms with Gasteiger partial charge in [0, 0.05) is 10.9 Å². The van der Waals surface area contributed by atoms with Gasteiger partial charge >= 0.3 is 0 Å². The second-order valence-corrected chi connectivity index (χ2v) is 6.24. The van der Waals surface area contributed by atoms with E-state index in [0.29, 0.717) is 16.0 Å². The number of aryl methyl sites for hydroxylation is 1. The van der Waals surface area contributed by atoms with Gasteiger partial charge in [-0.25, -0.2) is 9.37 Å². The highest BCUT2D eigenvalue weighted by molar-refractivity contribution is 7.80. The number of thiocarbonyl (C=S) groups is 1. The monoisotopic (exact) mass is 333 g/mol. The van der Waals surface area contributed by atoms with Gasteiger partial charge in [0.05, 0.1) is 16.9 Å². The average Bonchev–Trinajstić information content (AvgIpc) is 2.88. The van der Waals surface area contributed by atoms with Gasteiger partial charge in [0.2, 0.25) is 0 Å². The first-order chi connectivity index (χ1) is 10.5. The number of hydrogen-bond acceptors (Lipinski definition) is 4. The number of halogens is 1. The van der Waals surface area contributed by atoms with Crippen LogP contribution in [-0.2, 0) is 6.54 Å². The third kappa shape index (κ3) is 2.53. The van der Waals surface area contributed by atoms with Crippen LogP contribution in [0.2, 0.25) is 0 Å². The van der Waals surface area contributed by atoms with Crippen LogP contribution in [0, 0.1) is 12.7 Å². The zero-order valence-corrected chi connectivity index (χ0v) is 13.3. The molecular weight excluding hydrogens is 321 g/mol. The molecule has 0 saturated carbocycles. The van der Waals surface area contributed by atoms with Crippen molar-refractivity contribution in [2.45, 2.75) is 13.5 Å². The van der Waals surface area contributed by atoms with Gasteiger partial charge in [-0.2, -0.15) is 0 Å². The minimum atomic E-state index is -0.317. The summed E-state index contributed by atoms with van der Waals surface area (Å²) in [6.07, 6.45) is 0.